The molecule has 0 aliphatic heterocycles. The topological polar surface area (TPSA) is 103 Å². The molecule has 0 aliphatic carbocycles. The van der Waals surface area contributed by atoms with Crippen molar-refractivity contribution in [3.05, 3.63) is 11.8 Å². The van der Waals surface area contributed by atoms with Gasteiger partial charge in [0.1, 0.15) is 5.82 Å². The van der Waals surface area contributed by atoms with E-state index in [-0.39, 0.29) is 6.61 Å². The van der Waals surface area contributed by atoms with Crippen molar-refractivity contribution in [1.82, 2.24) is 4.57 Å². The molecule has 1 aromatic heterocycles. The quantitative estimate of drug-likeness (QED) is 0.472. The Morgan fingerprint density at radius 3 is 2.50 bits per heavy atom. The number of nitrogens with zero attached hydrogens (tertiary/aromatic N) is 1. The molecule has 68 valence electrons. The number of aliphatic hydroxyl groups excluding tert-OH is 1. The third kappa shape index (κ3) is 1.37. The zero-order valence-corrected chi connectivity index (χ0v) is 6.83. The molecule has 5 heteroatoms. The van der Waals surface area contributed by atoms with Gasteiger partial charge in [0.15, 0.2) is 0 Å². The summed E-state index contributed by atoms with van der Waals surface area (Å²) in [6.45, 7) is 0.352. The second-order valence-electron chi connectivity index (χ2n) is 2.57. The highest BCUT2D eigenvalue weighted by molar-refractivity contribution is 5.59. The Bertz CT molecular complexity index is 269. The molecule has 0 aliphatic rings. The summed E-state index contributed by atoms with van der Waals surface area (Å²) in [5.74, 6) is 0.545. The van der Waals surface area contributed by atoms with Crippen molar-refractivity contribution in [1.29, 1.82) is 0 Å². The van der Waals surface area contributed by atoms with Crippen molar-refractivity contribution in [2.24, 2.45) is 5.73 Å². The molecule has 0 saturated heterocycles. The molecule has 0 fully saturated rings. The summed E-state index contributed by atoms with van der Waals surface area (Å²) in [5.41, 5.74) is 18.1. The van der Waals surface area contributed by atoms with Crippen molar-refractivity contribution >= 4 is 11.5 Å². The van der Waals surface area contributed by atoms with Crippen molar-refractivity contribution in [2.45, 2.75) is 13.1 Å². The van der Waals surface area contributed by atoms with E-state index in [0.717, 1.165) is 5.56 Å². The van der Waals surface area contributed by atoms with Crippen LogP contribution in [0.5, 0.6) is 0 Å². The SMILES string of the molecule is NCn1cc(N)c(CCO)c1N. The maximum Gasteiger partial charge on any atom is 0.109 e. The van der Waals surface area contributed by atoms with E-state index in [2.05, 4.69) is 0 Å². The number of anilines is 2. The maximum absolute atomic E-state index is 8.70. The van der Waals surface area contributed by atoms with Gasteiger partial charge in [0.25, 0.3) is 0 Å². The van der Waals surface area contributed by atoms with E-state index in [0.29, 0.717) is 24.6 Å². The molecule has 5 nitrogen and oxygen atoms in total. The Morgan fingerprint density at radius 2 is 2.08 bits per heavy atom. The largest absolute Gasteiger partial charge is 0.397 e. The number of hydrogen-bond donors (Lipinski definition) is 4. The van der Waals surface area contributed by atoms with Gasteiger partial charge in [0.2, 0.25) is 0 Å². The molecule has 0 amide bonds. The van der Waals surface area contributed by atoms with Gasteiger partial charge in [-0.2, -0.15) is 0 Å². The van der Waals surface area contributed by atoms with E-state index < -0.39 is 0 Å². The van der Waals surface area contributed by atoms with Gasteiger partial charge in [-0.1, -0.05) is 0 Å². The number of aromatic nitrogens is 1. The van der Waals surface area contributed by atoms with Crippen LogP contribution in [0.1, 0.15) is 5.56 Å². The van der Waals surface area contributed by atoms with Crippen LogP contribution in [0.4, 0.5) is 11.5 Å². The van der Waals surface area contributed by atoms with Crippen LogP contribution < -0.4 is 17.2 Å². The van der Waals surface area contributed by atoms with Crippen molar-refractivity contribution in [2.75, 3.05) is 18.1 Å². The molecule has 0 aromatic carbocycles. The maximum atomic E-state index is 8.70. The summed E-state index contributed by atoms with van der Waals surface area (Å²) in [5, 5.41) is 8.70. The summed E-state index contributed by atoms with van der Waals surface area (Å²) in [7, 11) is 0. The van der Waals surface area contributed by atoms with Crippen LogP contribution in [0.25, 0.3) is 0 Å². The lowest BCUT2D eigenvalue weighted by Crippen LogP contribution is -2.09. The monoisotopic (exact) mass is 170 g/mol. The summed E-state index contributed by atoms with van der Waals surface area (Å²) >= 11 is 0. The van der Waals surface area contributed by atoms with E-state index in [1.54, 1.807) is 10.8 Å². The van der Waals surface area contributed by atoms with E-state index in [4.69, 9.17) is 22.3 Å². The molecule has 1 rings (SSSR count). The Balaban J connectivity index is 3.01. The van der Waals surface area contributed by atoms with Crippen LogP contribution in [0.15, 0.2) is 6.20 Å². The fourth-order valence-corrected chi connectivity index (χ4v) is 1.17. The first-order valence-corrected chi connectivity index (χ1v) is 3.74. The third-order valence-electron chi connectivity index (χ3n) is 1.82. The van der Waals surface area contributed by atoms with Gasteiger partial charge in [-0.25, -0.2) is 0 Å². The van der Waals surface area contributed by atoms with Crippen LogP contribution in [-0.4, -0.2) is 16.3 Å². The Labute approximate surface area is 70.8 Å². The first-order chi connectivity index (χ1) is 5.70. The highest BCUT2D eigenvalue weighted by atomic mass is 16.2. The minimum atomic E-state index is 0.0446. The molecule has 0 atom stereocenters. The molecule has 0 unspecified atom stereocenters. The highest BCUT2D eigenvalue weighted by Crippen LogP contribution is 2.21. The van der Waals surface area contributed by atoms with Gasteiger partial charge in [0, 0.05) is 24.8 Å². The molecule has 0 spiro atoms. The molecule has 0 radical (unpaired) electrons. The number of rotatable bonds is 3. The zero-order chi connectivity index (χ0) is 9.14. The third-order valence-corrected chi connectivity index (χ3v) is 1.82. The number of nitrogen functional groups attached to an aromatic ring is 2. The molecule has 0 saturated carbocycles. The van der Waals surface area contributed by atoms with Crippen molar-refractivity contribution < 1.29 is 5.11 Å². The van der Waals surface area contributed by atoms with Crippen LogP contribution in [0.2, 0.25) is 0 Å². The lowest BCUT2D eigenvalue weighted by molar-refractivity contribution is 0.300. The first-order valence-electron chi connectivity index (χ1n) is 3.74. The highest BCUT2D eigenvalue weighted by Gasteiger charge is 2.08. The molecule has 7 N–H and O–H groups in total. The fourth-order valence-electron chi connectivity index (χ4n) is 1.17. The summed E-state index contributed by atoms with van der Waals surface area (Å²) < 4.78 is 1.65. The predicted octanol–water partition coefficient (Wildman–Crippen LogP) is -0.897. The molecular weight excluding hydrogens is 156 g/mol. The molecule has 0 bridgehead atoms. The Kier molecular flexibility index (Phi) is 2.57. The van der Waals surface area contributed by atoms with Gasteiger partial charge in [0.05, 0.1) is 12.4 Å². The van der Waals surface area contributed by atoms with Gasteiger partial charge in [-0.05, 0) is 0 Å². The normalized spacial score (nSPS) is 10.5. The standard InChI is InChI=1S/C7H14N4O/c8-4-11-3-6(9)5(1-2-12)7(11)10/h3,12H,1-2,4,8-10H2. The van der Waals surface area contributed by atoms with E-state index in [1.165, 1.54) is 0 Å². The van der Waals surface area contributed by atoms with Gasteiger partial charge < -0.3 is 26.9 Å². The number of nitrogens with two attached hydrogens (primary N) is 3. The predicted molar refractivity (Wildman–Crippen MR) is 48.2 cm³/mol. The average molecular weight is 170 g/mol. The van der Waals surface area contributed by atoms with Gasteiger partial charge in [-0.3, -0.25) is 0 Å². The number of hydrogen-bond acceptors (Lipinski definition) is 4. The molecule has 1 aromatic rings. The smallest absolute Gasteiger partial charge is 0.109 e. The van der Waals surface area contributed by atoms with Crippen LogP contribution >= 0.6 is 0 Å². The lowest BCUT2D eigenvalue weighted by Gasteiger charge is -2.01. The van der Waals surface area contributed by atoms with Crippen LogP contribution in [-0.2, 0) is 13.1 Å². The van der Waals surface area contributed by atoms with Crippen molar-refractivity contribution in [3.8, 4) is 0 Å². The zero-order valence-electron chi connectivity index (χ0n) is 6.83. The molecule has 12 heavy (non-hydrogen) atoms. The average Bonchev–Trinajstić information content (AvgIpc) is 2.32. The molecule has 1 heterocycles. The summed E-state index contributed by atoms with van der Waals surface area (Å²) in [6.07, 6.45) is 2.16. The number of aliphatic hydroxyl groups is 1. The van der Waals surface area contributed by atoms with Gasteiger partial charge >= 0.3 is 0 Å². The molecular formula is C7H14N4O. The van der Waals surface area contributed by atoms with E-state index >= 15 is 0 Å². The second-order valence-corrected chi connectivity index (χ2v) is 2.57. The van der Waals surface area contributed by atoms with E-state index in [9.17, 15) is 0 Å². The minimum Gasteiger partial charge on any atom is -0.397 e. The fraction of sp³-hybridized carbons (Fsp3) is 0.429. The second kappa shape index (κ2) is 3.46. The summed E-state index contributed by atoms with van der Waals surface area (Å²) in [6, 6.07) is 0. The van der Waals surface area contributed by atoms with Crippen LogP contribution in [0, 0.1) is 0 Å². The Morgan fingerprint density at radius 1 is 1.42 bits per heavy atom. The Hall–Kier alpha value is -1.20. The van der Waals surface area contributed by atoms with Crippen molar-refractivity contribution in [3.63, 3.8) is 0 Å². The van der Waals surface area contributed by atoms with Gasteiger partial charge in [-0.15, -0.1) is 0 Å². The first kappa shape index (κ1) is 8.89. The van der Waals surface area contributed by atoms with E-state index in [1.807, 2.05) is 0 Å². The van der Waals surface area contributed by atoms with Crippen LogP contribution in [0.3, 0.4) is 0 Å². The summed E-state index contributed by atoms with van der Waals surface area (Å²) in [4.78, 5) is 0. The lowest BCUT2D eigenvalue weighted by atomic mass is 10.2. The minimum absolute atomic E-state index is 0.0446.